The highest BCUT2D eigenvalue weighted by atomic mass is 19.1. The summed E-state index contributed by atoms with van der Waals surface area (Å²) in [5.74, 6) is 0.957. The van der Waals surface area contributed by atoms with Crippen LogP contribution in [0.1, 0.15) is 30.3 Å². The first-order chi connectivity index (χ1) is 11.8. The summed E-state index contributed by atoms with van der Waals surface area (Å²) >= 11 is 0. The maximum absolute atomic E-state index is 13.1. The summed E-state index contributed by atoms with van der Waals surface area (Å²) in [7, 11) is 0. The van der Waals surface area contributed by atoms with Crippen molar-refractivity contribution in [3.8, 4) is 11.5 Å². The number of halogens is 1. The van der Waals surface area contributed by atoms with E-state index in [1.807, 2.05) is 42.5 Å². The van der Waals surface area contributed by atoms with E-state index in [0.717, 1.165) is 30.5 Å². The number of aromatic nitrogens is 2. The number of hydrogen-bond donors (Lipinski definition) is 0. The monoisotopic (exact) mass is 323 g/mol. The van der Waals surface area contributed by atoms with Crippen LogP contribution in [-0.2, 0) is 6.54 Å². The van der Waals surface area contributed by atoms with Crippen molar-refractivity contribution in [2.45, 2.75) is 25.4 Å². The minimum absolute atomic E-state index is 0.201. The minimum atomic E-state index is -0.201. The molecule has 1 saturated heterocycles. The lowest BCUT2D eigenvalue weighted by atomic mass is 10.0. The summed E-state index contributed by atoms with van der Waals surface area (Å²) in [6, 6.07) is 16.8. The molecule has 1 aliphatic rings. The zero-order chi connectivity index (χ0) is 16.4. The normalized spacial score (nSPS) is 18.1. The van der Waals surface area contributed by atoms with Crippen LogP contribution in [0.15, 0.2) is 59.0 Å². The largest absolute Gasteiger partial charge is 0.419 e. The fourth-order valence-electron chi connectivity index (χ4n) is 3.27. The van der Waals surface area contributed by atoms with Crippen molar-refractivity contribution >= 4 is 0 Å². The molecule has 1 atom stereocenters. The Morgan fingerprint density at radius 2 is 1.83 bits per heavy atom. The van der Waals surface area contributed by atoms with E-state index in [9.17, 15) is 4.39 Å². The van der Waals surface area contributed by atoms with Gasteiger partial charge in [0.2, 0.25) is 11.8 Å². The van der Waals surface area contributed by atoms with E-state index in [2.05, 4.69) is 15.1 Å². The lowest BCUT2D eigenvalue weighted by molar-refractivity contribution is 0.224. The maximum atomic E-state index is 13.1. The predicted octanol–water partition coefficient (Wildman–Crippen LogP) is 4.21. The van der Waals surface area contributed by atoms with Crippen LogP contribution in [-0.4, -0.2) is 21.6 Å². The summed E-state index contributed by atoms with van der Waals surface area (Å²) in [5, 5.41) is 8.32. The molecule has 4 rings (SSSR count). The van der Waals surface area contributed by atoms with Gasteiger partial charge in [0.1, 0.15) is 5.82 Å². The Hall–Kier alpha value is -2.53. The van der Waals surface area contributed by atoms with E-state index >= 15 is 0 Å². The average Bonchev–Trinajstić information content (AvgIpc) is 3.27. The molecule has 5 heteroatoms. The molecule has 24 heavy (non-hydrogen) atoms. The Morgan fingerprint density at radius 3 is 2.62 bits per heavy atom. The van der Waals surface area contributed by atoms with Gasteiger partial charge in [0.15, 0.2) is 0 Å². The standard InChI is InChI=1S/C19H18FN3O/c20-16-10-8-14(9-11-16)17-7-4-12-23(17)13-18-21-22-19(24-18)15-5-2-1-3-6-15/h1-3,5-6,8-11,17H,4,7,12-13H2/t17-/m1/s1. The number of likely N-dealkylation sites (tertiary alicyclic amines) is 1. The maximum Gasteiger partial charge on any atom is 0.247 e. The van der Waals surface area contributed by atoms with E-state index in [1.165, 1.54) is 12.1 Å². The fourth-order valence-corrected chi connectivity index (χ4v) is 3.27. The molecule has 0 radical (unpaired) electrons. The third-order valence-corrected chi connectivity index (χ3v) is 4.44. The van der Waals surface area contributed by atoms with Crippen molar-refractivity contribution in [1.29, 1.82) is 0 Å². The van der Waals surface area contributed by atoms with E-state index in [-0.39, 0.29) is 11.9 Å². The number of rotatable bonds is 4. The van der Waals surface area contributed by atoms with Gasteiger partial charge in [-0.2, -0.15) is 0 Å². The van der Waals surface area contributed by atoms with Crippen molar-refractivity contribution < 1.29 is 8.81 Å². The molecule has 3 aromatic rings. The Bertz CT molecular complexity index is 801. The molecule has 1 aromatic heterocycles. The summed E-state index contributed by atoms with van der Waals surface area (Å²) < 4.78 is 18.9. The van der Waals surface area contributed by atoms with Gasteiger partial charge in [-0.3, -0.25) is 4.90 Å². The highest BCUT2D eigenvalue weighted by Gasteiger charge is 2.27. The Morgan fingerprint density at radius 1 is 1.04 bits per heavy atom. The predicted molar refractivity (Wildman–Crippen MR) is 88.5 cm³/mol. The van der Waals surface area contributed by atoms with Gasteiger partial charge in [-0.1, -0.05) is 30.3 Å². The van der Waals surface area contributed by atoms with E-state index in [4.69, 9.17) is 4.42 Å². The van der Waals surface area contributed by atoms with Crippen LogP contribution < -0.4 is 0 Å². The zero-order valence-electron chi connectivity index (χ0n) is 13.2. The molecule has 2 heterocycles. The van der Waals surface area contributed by atoms with Gasteiger partial charge < -0.3 is 4.42 Å². The van der Waals surface area contributed by atoms with Crippen LogP contribution in [0, 0.1) is 5.82 Å². The molecule has 0 bridgehead atoms. The molecule has 0 aliphatic carbocycles. The van der Waals surface area contributed by atoms with Crippen molar-refractivity contribution in [3.63, 3.8) is 0 Å². The second-order valence-electron chi connectivity index (χ2n) is 6.05. The highest BCUT2D eigenvalue weighted by molar-refractivity contribution is 5.51. The molecular weight excluding hydrogens is 305 g/mol. The van der Waals surface area contributed by atoms with Crippen molar-refractivity contribution in [2.24, 2.45) is 0 Å². The third kappa shape index (κ3) is 3.08. The number of benzene rings is 2. The SMILES string of the molecule is Fc1ccc([C@H]2CCCN2Cc2nnc(-c3ccccc3)o2)cc1. The van der Waals surface area contributed by atoms with Crippen LogP contribution >= 0.6 is 0 Å². The molecule has 0 unspecified atom stereocenters. The second kappa shape index (κ2) is 6.53. The van der Waals surface area contributed by atoms with Gasteiger partial charge in [-0.15, -0.1) is 10.2 Å². The first-order valence-electron chi connectivity index (χ1n) is 8.17. The summed E-state index contributed by atoms with van der Waals surface area (Å²) in [6.07, 6.45) is 2.17. The fraction of sp³-hybridized carbons (Fsp3) is 0.263. The first-order valence-corrected chi connectivity index (χ1v) is 8.17. The molecule has 1 aliphatic heterocycles. The minimum Gasteiger partial charge on any atom is -0.419 e. The van der Waals surface area contributed by atoms with E-state index in [0.29, 0.717) is 18.3 Å². The Labute approximate surface area is 139 Å². The lowest BCUT2D eigenvalue weighted by Crippen LogP contribution is -2.22. The van der Waals surface area contributed by atoms with Crippen LogP contribution in [0.4, 0.5) is 4.39 Å². The van der Waals surface area contributed by atoms with Gasteiger partial charge in [0.05, 0.1) is 6.54 Å². The number of hydrogen-bond acceptors (Lipinski definition) is 4. The van der Waals surface area contributed by atoms with Crippen LogP contribution in [0.25, 0.3) is 11.5 Å². The quantitative estimate of drug-likeness (QED) is 0.721. The molecule has 0 saturated carbocycles. The molecule has 0 N–H and O–H groups in total. The highest BCUT2D eigenvalue weighted by Crippen LogP contribution is 2.33. The molecule has 4 nitrogen and oxygen atoms in total. The smallest absolute Gasteiger partial charge is 0.247 e. The van der Waals surface area contributed by atoms with Crippen LogP contribution in [0.3, 0.4) is 0 Å². The lowest BCUT2D eigenvalue weighted by Gasteiger charge is -2.23. The summed E-state index contributed by atoms with van der Waals surface area (Å²) in [4.78, 5) is 2.32. The molecule has 0 amide bonds. The first kappa shape index (κ1) is 15.0. The third-order valence-electron chi connectivity index (χ3n) is 4.44. The number of nitrogens with zero attached hydrogens (tertiary/aromatic N) is 3. The zero-order valence-corrected chi connectivity index (χ0v) is 13.2. The second-order valence-corrected chi connectivity index (χ2v) is 6.05. The Kier molecular flexibility index (Phi) is 4.09. The molecule has 122 valence electrons. The topological polar surface area (TPSA) is 42.2 Å². The molecule has 0 spiro atoms. The summed E-state index contributed by atoms with van der Waals surface area (Å²) in [6.45, 7) is 1.59. The Balaban J connectivity index is 1.50. The van der Waals surface area contributed by atoms with Crippen LogP contribution in [0.5, 0.6) is 0 Å². The van der Waals surface area contributed by atoms with Gasteiger partial charge in [-0.05, 0) is 49.2 Å². The van der Waals surface area contributed by atoms with E-state index < -0.39 is 0 Å². The van der Waals surface area contributed by atoms with Gasteiger partial charge in [-0.25, -0.2) is 4.39 Å². The average molecular weight is 323 g/mol. The van der Waals surface area contributed by atoms with E-state index in [1.54, 1.807) is 0 Å². The van der Waals surface area contributed by atoms with Crippen LogP contribution in [0.2, 0.25) is 0 Å². The van der Waals surface area contributed by atoms with Crippen molar-refractivity contribution in [3.05, 3.63) is 71.9 Å². The molecule has 2 aromatic carbocycles. The van der Waals surface area contributed by atoms with Gasteiger partial charge in [0.25, 0.3) is 0 Å². The summed E-state index contributed by atoms with van der Waals surface area (Å²) in [5.41, 5.74) is 2.06. The van der Waals surface area contributed by atoms with Gasteiger partial charge >= 0.3 is 0 Å². The van der Waals surface area contributed by atoms with Crippen molar-refractivity contribution in [2.75, 3.05) is 6.54 Å². The molecule has 1 fully saturated rings. The van der Waals surface area contributed by atoms with Crippen molar-refractivity contribution in [1.82, 2.24) is 15.1 Å². The molecular formula is C19H18FN3O. The van der Waals surface area contributed by atoms with Gasteiger partial charge in [0, 0.05) is 11.6 Å².